The SMILES string of the molecule is CCCCC(C)(C)BN1C(=O)C2C(C1=O)[C@H]1C[C@@H]2C[C@]12CC[C@]1(C[C@H]3C[C@@H]1C1C(=O)N(C(C)CC)C(=O)C13)C2=O. The molecule has 216 valence electrons. The Hall–Kier alpha value is -1.99. The lowest BCUT2D eigenvalue weighted by molar-refractivity contribution is -0.145. The van der Waals surface area contributed by atoms with Gasteiger partial charge in [0, 0.05) is 16.9 Å². The second-order valence-electron chi connectivity index (χ2n) is 15.7. The molecule has 5 saturated carbocycles. The van der Waals surface area contributed by atoms with Crippen LogP contribution >= 0.6 is 0 Å². The quantitative estimate of drug-likeness (QED) is 0.352. The van der Waals surface area contributed by atoms with Crippen LogP contribution in [-0.2, 0) is 24.0 Å². The first kappa shape index (κ1) is 26.9. The molecule has 4 amide bonds. The zero-order valence-corrected chi connectivity index (χ0v) is 24.9. The van der Waals surface area contributed by atoms with E-state index in [4.69, 9.17) is 0 Å². The fourth-order valence-corrected chi connectivity index (χ4v) is 11.6. The molecular weight excluding hydrogens is 503 g/mol. The first-order chi connectivity index (χ1) is 18.9. The maximum atomic E-state index is 14.8. The highest BCUT2D eigenvalue weighted by Crippen LogP contribution is 2.75. The number of hydrogen-bond donors (Lipinski definition) is 0. The molecule has 2 spiro atoms. The predicted octanol–water partition coefficient (Wildman–Crippen LogP) is 4.14. The van der Waals surface area contributed by atoms with Crippen molar-refractivity contribution in [2.24, 2.45) is 58.2 Å². The fourth-order valence-electron chi connectivity index (χ4n) is 11.6. The minimum Gasteiger partial charge on any atom is -0.332 e. The molecule has 2 saturated heterocycles. The molecule has 40 heavy (non-hydrogen) atoms. The smallest absolute Gasteiger partial charge is 0.255 e. The number of carbonyl (C=O) groups is 5. The van der Waals surface area contributed by atoms with E-state index in [0.717, 1.165) is 64.2 Å². The van der Waals surface area contributed by atoms with E-state index in [-0.39, 0.29) is 82.3 Å². The molecule has 7 rings (SSSR count). The molecule has 8 heteroatoms. The van der Waals surface area contributed by atoms with E-state index in [1.807, 2.05) is 13.8 Å². The normalized spacial score (nSPS) is 45.7. The van der Waals surface area contributed by atoms with E-state index in [0.29, 0.717) is 13.2 Å². The molecule has 0 N–H and O–H groups in total. The maximum absolute atomic E-state index is 14.8. The Kier molecular flexibility index (Phi) is 5.73. The predicted molar refractivity (Wildman–Crippen MR) is 150 cm³/mol. The van der Waals surface area contributed by atoms with Gasteiger partial charge < -0.3 is 4.81 Å². The number of fused-ring (bicyclic) bond motifs is 12. The first-order valence-electron chi connectivity index (χ1n) is 16.2. The van der Waals surface area contributed by atoms with Gasteiger partial charge in [-0.15, -0.1) is 0 Å². The van der Waals surface area contributed by atoms with Crippen LogP contribution in [0.2, 0.25) is 5.31 Å². The molecule has 7 nitrogen and oxygen atoms in total. The number of hydrogen-bond acceptors (Lipinski definition) is 5. The number of imide groups is 2. The summed E-state index contributed by atoms with van der Waals surface area (Å²) < 4.78 is 0. The van der Waals surface area contributed by atoms with Gasteiger partial charge in [0.15, 0.2) is 0 Å². The highest BCUT2D eigenvalue weighted by atomic mass is 16.2. The molecule has 11 atom stereocenters. The summed E-state index contributed by atoms with van der Waals surface area (Å²) in [4.78, 5) is 72.3. The lowest BCUT2D eigenvalue weighted by Gasteiger charge is -2.42. The van der Waals surface area contributed by atoms with Crippen LogP contribution in [0.5, 0.6) is 0 Å². The number of carbonyl (C=O) groups excluding carboxylic acids is 5. The van der Waals surface area contributed by atoms with Gasteiger partial charge in [-0.25, -0.2) is 0 Å². The lowest BCUT2D eigenvalue weighted by Crippen LogP contribution is -2.49. The van der Waals surface area contributed by atoms with E-state index >= 15 is 0 Å². The van der Waals surface area contributed by atoms with Crippen molar-refractivity contribution in [1.82, 2.24) is 9.71 Å². The van der Waals surface area contributed by atoms with Gasteiger partial charge in [-0.1, -0.05) is 47.0 Å². The van der Waals surface area contributed by atoms with Gasteiger partial charge in [-0.3, -0.25) is 28.9 Å². The number of amides is 4. The van der Waals surface area contributed by atoms with E-state index < -0.39 is 10.8 Å². The number of ketones is 1. The van der Waals surface area contributed by atoms with Crippen LogP contribution in [-0.4, -0.2) is 52.6 Å². The number of unbranched alkanes of at least 4 members (excludes halogenated alkanes) is 1. The molecular formula is C32H45BN2O5. The van der Waals surface area contributed by atoms with Crippen molar-refractivity contribution in [2.75, 3.05) is 0 Å². The molecule has 0 aromatic heterocycles. The number of rotatable bonds is 7. The summed E-state index contributed by atoms with van der Waals surface area (Å²) in [5.74, 6) is -0.870. The monoisotopic (exact) mass is 548 g/mol. The Balaban J connectivity index is 1.14. The van der Waals surface area contributed by atoms with Crippen molar-refractivity contribution in [3.63, 3.8) is 0 Å². The molecule has 7 fully saturated rings. The minimum absolute atomic E-state index is 0.00467. The van der Waals surface area contributed by atoms with Gasteiger partial charge in [0.1, 0.15) is 5.78 Å². The lowest BCUT2D eigenvalue weighted by atomic mass is 9.58. The molecule has 4 bridgehead atoms. The topological polar surface area (TPSA) is 91.8 Å². The Morgan fingerprint density at radius 1 is 0.825 bits per heavy atom. The van der Waals surface area contributed by atoms with Crippen LogP contribution in [0.4, 0.5) is 0 Å². The van der Waals surface area contributed by atoms with Gasteiger partial charge in [-0.2, -0.15) is 0 Å². The van der Waals surface area contributed by atoms with Gasteiger partial charge in [0.25, 0.3) is 7.41 Å². The highest BCUT2D eigenvalue weighted by molar-refractivity contribution is 6.47. The molecule has 2 heterocycles. The average molecular weight is 549 g/mol. The first-order valence-corrected chi connectivity index (χ1v) is 16.2. The van der Waals surface area contributed by atoms with Gasteiger partial charge in [0.05, 0.1) is 23.7 Å². The summed E-state index contributed by atoms with van der Waals surface area (Å²) in [6.07, 6.45) is 8.50. The largest absolute Gasteiger partial charge is 0.332 e. The summed E-state index contributed by atoms with van der Waals surface area (Å²) in [6, 6.07) is -0.102. The van der Waals surface area contributed by atoms with Crippen LogP contribution in [0.25, 0.3) is 0 Å². The van der Waals surface area contributed by atoms with Crippen molar-refractivity contribution in [1.29, 1.82) is 0 Å². The van der Waals surface area contributed by atoms with Crippen molar-refractivity contribution < 1.29 is 24.0 Å². The van der Waals surface area contributed by atoms with Crippen molar-refractivity contribution in [3.8, 4) is 0 Å². The van der Waals surface area contributed by atoms with E-state index in [1.165, 1.54) is 4.90 Å². The second kappa shape index (κ2) is 8.53. The zero-order valence-electron chi connectivity index (χ0n) is 24.9. The third-order valence-electron chi connectivity index (χ3n) is 13.3. The summed E-state index contributed by atoms with van der Waals surface area (Å²) in [5.41, 5.74) is -1.06. The van der Waals surface area contributed by atoms with Crippen molar-refractivity contribution in [2.45, 2.75) is 110 Å². The van der Waals surface area contributed by atoms with Gasteiger partial charge in [-0.05, 0) is 80.9 Å². The zero-order chi connectivity index (χ0) is 28.5. The summed E-state index contributed by atoms with van der Waals surface area (Å²) in [7, 11) is 0.470. The average Bonchev–Trinajstić information content (AvgIpc) is 3.76. The van der Waals surface area contributed by atoms with Crippen LogP contribution in [0.15, 0.2) is 0 Å². The summed E-state index contributed by atoms with van der Waals surface area (Å²) >= 11 is 0. The Labute approximate surface area is 238 Å². The van der Waals surface area contributed by atoms with Crippen LogP contribution < -0.4 is 0 Å². The number of Topliss-reactive ketones (excluding diaryl/α,β-unsaturated/α-hetero) is 1. The minimum atomic E-state index is -0.530. The molecule has 2 aliphatic heterocycles. The fraction of sp³-hybridized carbons (Fsp3) is 0.844. The Morgan fingerprint density at radius 3 is 1.88 bits per heavy atom. The molecule has 5 unspecified atom stereocenters. The molecule has 7 aliphatic rings. The Bertz CT molecular complexity index is 1220. The molecule has 0 aromatic carbocycles. The molecule has 0 radical (unpaired) electrons. The third kappa shape index (κ3) is 3.12. The van der Waals surface area contributed by atoms with Crippen molar-refractivity contribution >= 4 is 36.8 Å². The standard InChI is InChI=1S/C32H45BN2O5/c1-6-8-9-30(4,5)33-35-27(38)22-18-13-20(24(22)28(35)39)32(15-18)11-10-31(29(32)40)14-17-12-19(31)23-21(17)25(36)34(26(23)37)16(3)7-2/h16-24,33H,6-15H2,1-5H3/t16?,17-,18-,19-,20-,21?,22?,23?,24?,31-,32-/m1/s1. The third-order valence-corrected chi connectivity index (χ3v) is 13.3. The van der Waals surface area contributed by atoms with E-state index in [9.17, 15) is 24.0 Å². The van der Waals surface area contributed by atoms with Crippen LogP contribution in [0.3, 0.4) is 0 Å². The van der Waals surface area contributed by atoms with Crippen LogP contribution in [0, 0.1) is 58.2 Å². The summed E-state index contributed by atoms with van der Waals surface area (Å²) in [6.45, 7) is 10.4. The maximum Gasteiger partial charge on any atom is 0.255 e. The second-order valence-corrected chi connectivity index (χ2v) is 15.7. The highest BCUT2D eigenvalue weighted by Gasteiger charge is 2.78. The van der Waals surface area contributed by atoms with Gasteiger partial charge >= 0.3 is 0 Å². The van der Waals surface area contributed by atoms with E-state index in [1.54, 1.807) is 4.81 Å². The van der Waals surface area contributed by atoms with Crippen molar-refractivity contribution in [3.05, 3.63) is 0 Å². The van der Waals surface area contributed by atoms with E-state index in [2.05, 4.69) is 20.8 Å². The molecule has 5 aliphatic carbocycles. The van der Waals surface area contributed by atoms with Gasteiger partial charge in [0.2, 0.25) is 23.6 Å². The number of nitrogens with zero attached hydrogens (tertiary/aromatic N) is 2. The Morgan fingerprint density at radius 2 is 1.32 bits per heavy atom. The van der Waals surface area contributed by atoms with Crippen LogP contribution in [0.1, 0.15) is 98.8 Å². The number of likely N-dealkylation sites (tertiary alicyclic amines) is 1. The summed E-state index contributed by atoms with van der Waals surface area (Å²) in [5, 5.41) is -0.113. The molecule has 0 aromatic rings.